The van der Waals surface area contributed by atoms with Gasteiger partial charge in [0.15, 0.2) is 0 Å². The molecule has 7 heteroatoms. The zero-order chi connectivity index (χ0) is 15.6. The number of carbonyl (C=O) groups excluding carboxylic acids is 1. The number of amides is 1. The molecule has 2 rings (SSSR count). The van der Waals surface area contributed by atoms with Crippen LogP contribution in [0.4, 0.5) is 0 Å². The smallest absolute Gasteiger partial charge is 0.261 e. The average molecular weight is 332 g/mol. The van der Waals surface area contributed by atoms with Crippen LogP contribution in [0.2, 0.25) is 0 Å². The molecule has 0 aliphatic heterocycles. The van der Waals surface area contributed by atoms with E-state index in [0.29, 0.717) is 11.1 Å². The zero-order valence-electron chi connectivity index (χ0n) is 11.9. The van der Waals surface area contributed by atoms with Gasteiger partial charge in [0.25, 0.3) is 15.0 Å². The quantitative estimate of drug-likeness (QED) is 0.859. The number of carbonyl (C=O) groups is 1. The molecule has 1 N–H and O–H groups in total. The van der Waals surface area contributed by atoms with Gasteiger partial charge >= 0.3 is 0 Å². The molecule has 0 radical (unpaired) electrons. The summed E-state index contributed by atoms with van der Waals surface area (Å²) in [6, 6.07) is 4.34. The third-order valence-electron chi connectivity index (χ3n) is 3.79. The van der Waals surface area contributed by atoms with Crippen molar-refractivity contribution in [2.75, 3.05) is 7.11 Å². The summed E-state index contributed by atoms with van der Waals surface area (Å²) in [6.45, 7) is 1.76. The molecule has 5 nitrogen and oxygen atoms in total. The molecule has 0 saturated heterocycles. The first-order valence-corrected chi connectivity index (χ1v) is 9.01. The summed E-state index contributed by atoms with van der Waals surface area (Å²) < 4.78 is 28.0. The van der Waals surface area contributed by atoms with Crippen molar-refractivity contribution in [2.45, 2.75) is 43.2 Å². The first-order chi connectivity index (χ1) is 9.81. The first kappa shape index (κ1) is 16.3. The number of aryl methyl sites for hydroxylation is 1. The number of halogens is 1. The van der Waals surface area contributed by atoms with E-state index < -0.39 is 9.05 Å². The van der Waals surface area contributed by atoms with E-state index in [-0.39, 0.29) is 22.9 Å². The van der Waals surface area contributed by atoms with Gasteiger partial charge in [0.2, 0.25) is 0 Å². The van der Waals surface area contributed by atoms with E-state index in [4.69, 9.17) is 15.4 Å². The molecular formula is C14H18ClNO4S. The van der Waals surface area contributed by atoms with Gasteiger partial charge in [-0.3, -0.25) is 4.79 Å². The number of benzene rings is 1. The van der Waals surface area contributed by atoms with Crippen molar-refractivity contribution in [3.63, 3.8) is 0 Å². The van der Waals surface area contributed by atoms with Crippen molar-refractivity contribution < 1.29 is 17.9 Å². The minimum absolute atomic E-state index is 0.0538. The molecule has 1 aliphatic carbocycles. The summed E-state index contributed by atoms with van der Waals surface area (Å²) in [5, 5.41) is 2.92. The Hall–Kier alpha value is -1.11. The highest BCUT2D eigenvalue weighted by atomic mass is 35.7. The number of hydrogen-bond donors (Lipinski definition) is 1. The first-order valence-electron chi connectivity index (χ1n) is 6.70. The van der Waals surface area contributed by atoms with Gasteiger partial charge in [0, 0.05) is 29.4 Å². The van der Waals surface area contributed by atoms with E-state index in [9.17, 15) is 13.2 Å². The van der Waals surface area contributed by atoms with Crippen molar-refractivity contribution in [2.24, 2.45) is 0 Å². The predicted molar refractivity (Wildman–Crippen MR) is 80.1 cm³/mol. The largest absolute Gasteiger partial charge is 0.381 e. The highest BCUT2D eigenvalue weighted by Crippen LogP contribution is 2.23. The van der Waals surface area contributed by atoms with Crippen molar-refractivity contribution in [3.05, 3.63) is 29.3 Å². The monoisotopic (exact) mass is 331 g/mol. The van der Waals surface area contributed by atoms with Gasteiger partial charge < -0.3 is 10.1 Å². The zero-order valence-corrected chi connectivity index (χ0v) is 13.5. The molecule has 1 aromatic rings. The summed E-state index contributed by atoms with van der Waals surface area (Å²) in [4.78, 5) is 12.2. The molecule has 1 aliphatic rings. The van der Waals surface area contributed by atoms with Gasteiger partial charge in [-0.2, -0.15) is 0 Å². The molecule has 0 aromatic heterocycles. The van der Waals surface area contributed by atoms with Crippen LogP contribution in [0, 0.1) is 6.92 Å². The minimum Gasteiger partial charge on any atom is -0.381 e. The summed E-state index contributed by atoms with van der Waals surface area (Å²) in [6.07, 6.45) is 2.72. The second-order valence-electron chi connectivity index (χ2n) is 5.26. The van der Waals surface area contributed by atoms with Crippen LogP contribution in [0.5, 0.6) is 0 Å². The molecule has 0 heterocycles. The Kier molecular flexibility index (Phi) is 4.91. The van der Waals surface area contributed by atoms with Gasteiger partial charge in [-0.25, -0.2) is 8.42 Å². The number of nitrogens with one attached hydrogen (secondary N) is 1. The topological polar surface area (TPSA) is 72.5 Å². The molecule has 1 aromatic carbocycles. The van der Waals surface area contributed by atoms with E-state index >= 15 is 0 Å². The second kappa shape index (κ2) is 6.34. The molecule has 1 fully saturated rings. The molecule has 0 spiro atoms. The van der Waals surface area contributed by atoms with Crippen LogP contribution in [-0.4, -0.2) is 33.6 Å². The van der Waals surface area contributed by atoms with Crippen molar-refractivity contribution >= 4 is 25.6 Å². The number of ether oxygens (including phenoxy) is 1. The van der Waals surface area contributed by atoms with Gasteiger partial charge in [0.1, 0.15) is 0 Å². The minimum atomic E-state index is -3.84. The van der Waals surface area contributed by atoms with Crippen LogP contribution in [0.1, 0.15) is 35.2 Å². The highest BCUT2D eigenvalue weighted by Gasteiger charge is 2.26. The van der Waals surface area contributed by atoms with Crippen LogP contribution >= 0.6 is 10.7 Å². The Balaban J connectivity index is 2.16. The third-order valence-corrected chi connectivity index (χ3v) is 5.14. The molecular weight excluding hydrogens is 314 g/mol. The normalized spacial score (nSPS) is 22.2. The fourth-order valence-corrected chi connectivity index (χ4v) is 3.32. The second-order valence-corrected chi connectivity index (χ2v) is 7.82. The third kappa shape index (κ3) is 3.96. The molecule has 116 valence electrons. The number of methoxy groups -OCH3 is 1. The molecule has 1 saturated carbocycles. The van der Waals surface area contributed by atoms with Crippen molar-refractivity contribution in [1.29, 1.82) is 0 Å². The fraction of sp³-hybridized carbons (Fsp3) is 0.500. The maximum absolute atomic E-state index is 12.3. The molecule has 21 heavy (non-hydrogen) atoms. The Morgan fingerprint density at radius 2 is 2.10 bits per heavy atom. The lowest BCUT2D eigenvalue weighted by molar-refractivity contribution is 0.0914. The lowest BCUT2D eigenvalue weighted by Crippen LogP contribution is -2.33. The number of hydrogen-bond acceptors (Lipinski definition) is 4. The lowest BCUT2D eigenvalue weighted by Gasteiger charge is -2.14. The van der Waals surface area contributed by atoms with Crippen LogP contribution < -0.4 is 5.32 Å². The van der Waals surface area contributed by atoms with Crippen LogP contribution in [0.3, 0.4) is 0 Å². The van der Waals surface area contributed by atoms with Gasteiger partial charge in [-0.15, -0.1) is 0 Å². The van der Waals surface area contributed by atoms with E-state index in [0.717, 1.165) is 19.3 Å². The standard InChI is InChI=1S/C14H18ClNO4S/c1-9-3-6-12(21(15,18)19)8-13(9)14(17)16-10-4-5-11(7-10)20-2/h3,6,8,10-11H,4-5,7H2,1-2H3,(H,16,17). The van der Waals surface area contributed by atoms with Gasteiger partial charge in [-0.05, 0) is 43.9 Å². The maximum atomic E-state index is 12.3. The summed E-state index contributed by atoms with van der Waals surface area (Å²) in [5.41, 5.74) is 1.04. The Morgan fingerprint density at radius 1 is 1.38 bits per heavy atom. The highest BCUT2D eigenvalue weighted by molar-refractivity contribution is 8.13. The Labute approximate surface area is 129 Å². The molecule has 1 amide bonds. The van der Waals surface area contributed by atoms with E-state index in [1.165, 1.54) is 12.1 Å². The van der Waals surface area contributed by atoms with Crippen molar-refractivity contribution in [3.8, 4) is 0 Å². The Morgan fingerprint density at radius 3 is 2.67 bits per heavy atom. The summed E-state index contributed by atoms with van der Waals surface area (Å²) >= 11 is 0. The SMILES string of the molecule is COC1CCC(NC(=O)c2cc(S(=O)(=O)Cl)ccc2C)C1. The van der Waals surface area contributed by atoms with Crippen LogP contribution in [0.15, 0.2) is 23.1 Å². The van der Waals surface area contributed by atoms with E-state index in [2.05, 4.69) is 5.32 Å². The van der Waals surface area contributed by atoms with E-state index in [1.807, 2.05) is 0 Å². The van der Waals surface area contributed by atoms with Gasteiger partial charge in [0.05, 0.1) is 11.0 Å². The lowest BCUT2D eigenvalue weighted by atomic mass is 10.1. The average Bonchev–Trinajstić information content (AvgIpc) is 2.85. The van der Waals surface area contributed by atoms with Crippen molar-refractivity contribution in [1.82, 2.24) is 5.32 Å². The van der Waals surface area contributed by atoms with Crippen LogP contribution in [-0.2, 0) is 13.8 Å². The summed E-state index contributed by atoms with van der Waals surface area (Å²) in [7, 11) is 3.14. The molecule has 2 unspecified atom stereocenters. The maximum Gasteiger partial charge on any atom is 0.261 e. The van der Waals surface area contributed by atoms with E-state index in [1.54, 1.807) is 20.1 Å². The fourth-order valence-electron chi connectivity index (χ4n) is 2.55. The molecule has 2 atom stereocenters. The number of rotatable bonds is 4. The van der Waals surface area contributed by atoms with Crippen LogP contribution in [0.25, 0.3) is 0 Å². The Bertz CT molecular complexity index is 644. The summed E-state index contributed by atoms with van der Waals surface area (Å²) in [5.74, 6) is -0.281. The van der Waals surface area contributed by atoms with Gasteiger partial charge in [-0.1, -0.05) is 6.07 Å². The predicted octanol–water partition coefficient (Wildman–Crippen LogP) is 2.22. The molecule has 0 bridgehead atoms.